The Hall–Kier alpha value is -2.47. The number of aryl methyl sites for hydroxylation is 2. The number of amides is 2. The fourth-order valence-electron chi connectivity index (χ4n) is 4.68. The first-order valence-corrected chi connectivity index (χ1v) is 9.16. The zero-order valence-corrected chi connectivity index (χ0v) is 14.9. The summed E-state index contributed by atoms with van der Waals surface area (Å²) < 4.78 is 7.64. The zero-order valence-electron chi connectivity index (χ0n) is 14.9. The average molecular weight is 351 g/mol. The summed E-state index contributed by atoms with van der Waals surface area (Å²) in [5.74, 6) is -0.481. The van der Waals surface area contributed by atoms with Crippen molar-refractivity contribution in [2.24, 2.45) is 11.8 Å². The van der Waals surface area contributed by atoms with Crippen LogP contribution in [0.15, 0.2) is 30.3 Å². The lowest BCUT2D eigenvalue weighted by atomic mass is 9.81. The monoisotopic (exact) mass is 351 g/mol. The topological polar surface area (TPSA) is 64.4 Å². The van der Waals surface area contributed by atoms with Crippen LogP contribution >= 0.6 is 0 Å². The molecule has 1 aromatic carbocycles. The van der Waals surface area contributed by atoms with E-state index in [0.717, 1.165) is 24.1 Å². The van der Waals surface area contributed by atoms with Gasteiger partial charge in [-0.15, -0.1) is 0 Å². The molecule has 6 heteroatoms. The zero-order chi connectivity index (χ0) is 18.0. The fourth-order valence-corrected chi connectivity index (χ4v) is 4.68. The number of fused-ring (bicyclic) bond motifs is 5. The van der Waals surface area contributed by atoms with Gasteiger partial charge in [-0.05, 0) is 32.3 Å². The third-order valence-electron chi connectivity index (χ3n) is 5.90. The maximum atomic E-state index is 12.9. The molecular weight excluding hydrogens is 330 g/mol. The van der Waals surface area contributed by atoms with Crippen LogP contribution in [0.4, 0.5) is 5.82 Å². The highest BCUT2D eigenvalue weighted by Crippen LogP contribution is 2.49. The largest absolute Gasteiger partial charge is 0.373 e. The summed E-state index contributed by atoms with van der Waals surface area (Å²) in [6.45, 7) is 4.62. The third-order valence-corrected chi connectivity index (χ3v) is 5.90. The van der Waals surface area contributed by atoms with E-state index in [0.29, 0.717) is 12.4 Å². The van der Waals surface area contributed by atoms with Gasteiger partial charge in [0.15, 0.2) is 5.82 Å². The standard InChI is InChI=1S/C20H21N3O3/c1-11-4-3-5-13(8-11)10-22-12(2)9-16(21-22)23-19(24)17-14-6-7-15(26-14)18(17)20(23)25/h3-5,8-9,14-15,17-18H,6-7,10H2,1-2H3/t14-,15-,17-,18-/m1/s1. The first-order valence-electron chi connectivity index (χ1n) is 9.16. The second kappa shape index (κ2) is 5.51. The molecule has 0 aliphatic carbocycles. The number of nitrogens with zero attached hydrogens (tertiary/aromatic N) is 3. The van der Waals surface area contributed by atoms with Crippen molar-refractivity contribution in [1.29, 1.82) is 0 Å². The van der Waals surface area contributed by atoms with E-state index in [4.69, 9.17) is 4.74 Å². The molecule has 1 aromatic heterocycles. The van der Waals surface area contributed by atoms with Gasteiger partial charge >= 0.3 is 0 Å². The van der Waals surface area contributed by atoms with Crippen molar-refractivity contribution in [2.75, 3.05) is 4.90 Å². The van der Waals surface area contributed by atoms with Gasteiger partial charge < -0.3 is 4.74 Å². The Morgan fingerprint density at radius 2 is 1.77 bits per heavy atom. The molecule has 3 aliphatic rings. The lowest BCUT2D eigenvalue weighted by Crippen LogP contribution is -2.34. The minimum absolute atomic E-state index is 0.0954. The Balaban J connectivity index is 1.44. The summed E-state index contributed by atoms with van der Waals surface area (Å²) in [7, 11) is 0. The first-order chi connectivity index (χ1) is 12.5. The molecule has 0 saturated carbocycles. The molecule has 0 spiro atoms. The molecule has 0 radical (unpaired) electrons. The van der Waals surface area contributed by atoms with Crippen LogP contribution in [-0.2, 0) is 20.9 Å². The number of hydrogen-bond acceptors (Lipinski definition) is 4. The van der Waals surface area contributed by atoms with Crippen molar-refractivity contribution in [2.45, 2.75) is 45.4 Å². The molecule has 2 aromatic rings. The maximum absolute atomic E-state index is 12.9. The molecule has 6 nitrogen and oxygen atoms in total. The number of anilines is 1. The maximum Gasteiger partial charge on any atom is 0.241 e. The van der Waals surface area contributed by atoms with E-state index in [-0.39, 0.29) is 35.9 Å². The van der Waals surface area contributed by atoms with E-state index in [1.165, 1.54) is 10.5 Å². The van der Waals surface area contributed by atoms with E-state index in [1.54, 1.807) is 0 Å². The van der Waals surface area contributed by atoms with Gasteiger partial charge in [-0.3, -0.25) is 14.3 Å². The van der Waals surface area contributed by atoms with Gasteiger partial charge in [0.1, 0.15) is 0 Å². The molecule has 5 rings (SSSR count). The highest BCUT2D eigenvalue weighted by molar-refractivity contribution is 6.22. The number of imide groups is 1. The van der Waals surface area contributed by atoms with E-state index in [1.807, 2.05) is 23.7 Å². The van der Waals surface area contributed by atoms with Crippen molar-refractivity contribution in [3.05, 3.63) is 47.2 Å². The van der Waals surface area contributed by atoms with E-state index in [9.17, 15) is 9.59 Å². The van der Waals surface area contributed by atoms with Crippen molar-refractivity contribution in [3.63, 3.8) is 0 Å². The Labute approximate surface area is 151 Å². The second-order valence-corrected chi connectivity index (χ2v) is 7.64. The number of ether oxygens (including phenoxy) is 1. The average Bonchev–Trinajstić information content (AvgIpc) is 3.33. The normalized spacial score (nSPS) is 29.7. The SMILES string of the molecule is Cc1cccc(Cn2nc(N3C(=O)[C@H]4[C@H](C3=O)[C@H]3CC[C@H]4O3)cc2C)c1. The van der Waals surface area contributed by atoms with Crippen LogP contribution in [0.3, 0.4) is 0 Å². The van der Waals surface area contributed by atoms with Gasteiger partial charge in [0, 0.05) is 11.8 Å². The summed E-state index contributed by atoms with van der Waals surface area (Å²) >= 11 is 0. The highest BCUT2D eigenvalue weighted by Gasteiger charge is 2.63. The van der Waals surface area contributed by atoms with Gasteiger partial charge in [-0.1, -0.05) is 29.8 Å². The number of hydrogen-bond donors (Lipinski definition) is 0. The molecule has 3 aliphatic heterocycles. The van der Waals surface area contributed by atoms with Crippen molar-refractivity contribution in [3.8, 4) is 0 Å². The Kier molecular flexibility index (Phi) is 3.34. The molecule has 2 amide bonds. The Morgan fingerprint density at radius 1 is 1.08 bits per heavy atom. The summed E-state index contributed by atoms with van der Waals surface area (Å²) in [5, 5.41) is 4.58. The molecule has 3 saturated heterocycles. The molecule has 4 heterocycles. The van der Waals surface area contributed by atoms with Crippen LogP contribution in [0.1, 0.15) is 29.7 Å². The quantitative estimate of drug-likeness (QED) is 0.796. The second-order valence-electron chi connectivity index (χ2n) is 7.64. The molecule has 2 bridgehead atoms. The van der Waals surface area contributed by atoms with Crippen molar-refractivity contribution in [1.82, 2.24) is 9.78 Å². The summed E-state index contributed by atoms with van der Waals surface area (Å²) in [4.78, 5) is 27.1. The first kappa shape index (κ1) is 15.8. The third kappa shape index (κ3) is 2.18. The molecule has 4 atom stereocenters. The van der Waals surface area contributed by atoms with Gasteiger partial charge in [-0.25, -0.2) is 4.90 Å². The van der Waals surface area contributed by atoms with Crippen molar-refractivity contribution < 1.29 is 14.3 Å². The lowest BCUT2D eigenvalue weighted by molar-refractivity contribution is -0.124. The number of carbonyl (C=O) groups excluding carboxylic acids is 2. The molecular formula is C20H21N3O3. The predicted octanol–water partition coefficient (Wildman–Crippen LogP) is 2.22. The van der Waals surface area contributed by atoms with Crippen LogP contribution in [0, 0.1) is 25.7 Å². The number of benzene rings is 1. The van der Waals surface area contributed by atoms with E-state index >= 15 is 0 Å². The smallest absolute Gasteiger partial charge is 0.241 e. The molecule has 134 valence electrons. The van der Waals surface area contributed by atoms with Crippen LogP contribution in [-0.4, -0.2) is 33.8 Å². The fraction of sp³-hybridized carbons (Fsp3) is 0.450. The molecule has 0 unspecified atom stereocenters. The van der Waals surface area contributed by atoms with Crippen LogP contribution in [0.25, 0.3) is 0 Å². The minimum atomic E-state index is -0.316. The molecule has 26 heavy (non-hydrogen) atoms. The minimum Gasteiger partial charge on any atom is -0.373 e. The van der Waals surface area contributed by atoms with Gasteiger partial charge in [0.2, 0.25) is 11.8 Å². The number of carbonyl (C=O) groups is 2. The van der Waals surface area contributed by atoms with E-state index in [2.05, 4.69) is 30.2 Å². The summed E-state index contributed by atoms with van der Waals surface area (Å²) in [6, 6.07) is 10.1. The van der Waals surface area contributed by atoms with E-state index < -0.39 is 0 Å². The number of aromatic nitrogens is 2. The number of rotatable bonds is 3. The predicted molar refractivity (Wildman–Crippen MR) is 94.6 cm³/mol. The van der Waals surface area contributed by atoms with Crippen molar-refractivity contribution >= 4 is 17.6 Å². The molecule has 3 fully saturated rings. The Bertz CT molecular complexity index is 891. The highest BCUT2D eigenvalue weighted by atomic mass is 16.5. The van der Waals surface area contributed by atoms with Crippen LogP contribution in [0.2, 0.25) is 0 Å². The van der Waals surface area contributed by atoms with Gasteiger partial charge in [-0.2, -0.15) is 5.10 Å². The van der Waals surface area contributed by atoms with Crippen LogP contribution < -0.4 is 4.90 Å². The lowest BCUT2D eigenvalue weighted by Gasteiger charge is -2.15. The summed E-state index contributed by atoms with van der Waals surface area (Å²) in [6.07, 6.45) is 1.56. The van der Waals surface area contributed by atoms with Gasteiger partial charge in [0.05, 0.1) is 30.6 Å². The van der Waals surface area contributed by atoms with Gasteiger partial charge in [0.25, 0.3) is 0 Å². The van der Waals surface area contributed by atoms with Crippen LogP contribution in [0.5, 0.6) is 0 Å². The Morgan fingerprint density at radius 3 is 2.42 bits per heavy atom. The summed E-state index contributed by atoms with van der Waals surface area (Å²) in [5.41, 5.74) is 3.27. The molecule has 0 N–H and O–H groups in total.